The summed E-state index contributed by atoms with van der Waals surface area (Å²) in [6.45, 7) is 7.88. The van der Waals surface area contributed by atoms with Crippen LogP contribution in [0.2, 0.25) is 0 Å². The van der Waals surface area contributed by atoms with Crippen molar-refractivity contribution in [3.8, 4) is 0 Å². The zero-order chi connectivity index (χ0) is 13.8. The van der Waals surface area contributed by atoms with Gasteiger partial charge in [0.2, 0.25) is 0 Å². The summed E-state index contributed by atoms with van der Waals surface area (Å²) in [6, 6.07) is 4.65. The van der Waals surface area contributed by atoms with Gasteiger partial charge in [-0.2, -0.15) is 0 Å². The second-order valence-electron chi connectivity index (χ2n) is 6.50. The fourth-order valence-corrected chi connectivity index (χ4v) is 4.56. The van der Waals surface area contributed by atoms with Gasteiger partial charge < -0.3 is 5.73 Å². The Morgan fingerprint density at radius 1 is 1.21 bits per heavy atom. The molecule has 3 atom stereocenters. The molecule has 1 aliphatic carbocycles. The molecule has 2 rings (SSSR count). The number of aryl methyl sites for hydroxylation is 1. The van der Waals surface area contributed by atoms with E-state index in [1.54, 1.807) is 4.88 Å². The van der Waals surface area contributed by atoms with E-state index in [0.29, 0.717) is 0 Å². The van der Waals surface area contributed by atoms with Gasteiger partial charge in [0.05, 0.1) is 0 Å². The molecule has 1 saturated carbocycles. The van der Waals surface area contributed by atoms with Crippen LogP contribution in [0.3, 0.4) is 0 Å². The Labute approximate surface area is 122 Å². The normalized spacial score (nSPS) is 27.9. The van der Waals surface area contributed by atoms with Gasteiger partial charge in [-0.05, 0) is 74.5 Å². The van der Waals surface area contributed by atoms with E-state index in [4.69, 9.17) is 5.73 Å². The number of nitrogens with two attached hydrogens (primary N) is 1. The van der Waals surface area contributed by atoms with Crippen molar-refractivity contribution in [2.45, 2.75) is 52.9 Å². The summed E-state index contributed by atoms with van der Waals surface area (Å²) in [5.74, 6) is 3.31. The molecule has 0 aliphatic heterocycles. The summed E-state index contributed by atoms with van der Waals surface area (Å²) < 4.78 is 0. The van der Waals surface area contributed by atoms with E-state index in [-0.39, 0.29) is 0 Å². The third-order valence-electron chi connectivity index (χ3n) is 4.96. The van der Waals surface area contributed by atoms with Crippen LogP contribution < -0.4 is 5.73 Å². The highest BCUT2D eigenvalue weighted by Crippen LogP contribution is 2.39. The molecule has 0 saturated heterocycles. The molecule has 0 amide bonds. The molecule has 19 heavy (non-hydrogen) atoms. The van der Waals surface area contributed by atoms with Gasteiger partial charge in [0.25, 0.3) is 0 Å². The molecule has 1 aliphatic rings. The van der Waals surface area contributed by atoms with Crippen LogP contribution in [0, 0.1) is 23.7 Å². The lowest BCUT2D eigenvalue weighted by atomic mass is 9.69. The van der Waals surface area contributed by atoms with E-state index in [0.717, 1.165) is 30.2 Å². The molecule has 2 N–H and O–H groups in total. The zero-order valence-corrected chi connectivity index (χ0v) is 13.5. The van der Waals surface area contributed by atoms with Crippen LogP contribution in [0.5, 0.6) is 0 Å². The lowest BCUT2D eigenvalue weighted by Gasteiger charge is -2.37. The maximum absolute atomic E-state index is 6.00. The van der Waals surface area contributed by atoms with E-state index in [1.807, 2.05) is 11.3 Å². The molecule has 2 heteroatoms. The largest absolute Gasteiger partial charge is 0.330 e. The van der Waals surface area contributed by atoms with Gasteiger partial charge in [-0.3, -0.25) is 0 Å². The van der Waals surface area contributed by atoms with Crippen LogP contribution in [0.25, 0.3) is 0 Å². The quantitative estimate of drug-likeness (QED) is 0.843. The van der Waals surface area contributed by atoms with Crippen molar-refractivity contribution in [1.29, 1.82) is 0 Å². The average Bonchev–Trinajstić information content (AvgIpc) is 2.86. The number of thiophene rings is 1. The Morgan fingerprint density at radius 2 is 1.95 bits per heavy atom. The Morgan fingerprint density at radius 3 is 2.53 bits per heavy atom. The Bertz CT molecular complexity index is 382. The highest BCUT2D eigenvalue weighted by molar-refractivity contribution is 7.11. The van der Waals surface area contributed by atoms with Gasteiger partial charge in [0.1, 0.15) is 0 Å². The Kier molecular flexibility index (Phi) is 5.47. The van der Waals surface area contributed by atoms with Gasteiger partial charge in [0.15, 0.2) is 0 Å². The van der Waals surface area contributed by atoms with Gasteiger partial charge in [-0.1, -0.05) is 20.8 Å². The fourth-order valence-electron chi connectivity index (χ4n) is 3.51. The minimum atomic E-state index is 0.752. The van der Waals surface area contributed by atoms with Crippen LogP contribution >= 0.6 is 11.3 Å². The molecule has 0 bridgehead atoms. The first-order valence-electron chi connectivity index (χ1n) is 7.91. The number of hydrogen-bond donors (Lipinski definition) is 1. The van der Waals surface area contributed by atoms with Gasteiger partial charge >= 0.3 is 0 Å². The van der Waals surface area contributed by atoms with Crippen LogP contribution in [0.15, 0.2) is 12.1 Å². The van der Waals surface area contributed by atoms with E-state index in [1.165, 1.54) is 37.0 Å². The summed E-state index contributed by atoms with van der Waals surface area (Å²) in [5, 5.41) is 0. The van der Waals surface area contributed by atoms with Crippen LogP contribution in [-0.4, -0.2) is 6.54 Å². The standard InChI is InChI=1S/C17H29NS/c1-4-16-7-8-17(19-16)10-15-9-13(12(2)3)5-6-14(15)11-18/h7-8,12-15H,4-6,9-11,18H2,1-3H3. The molecule has 1 nitrogen and oxygen atoms in total. The van der Waals surface area contributed by atoms with Crippen molar-refractivity contribution < 1.29 is 0 Å². The Hall–Kier alpha value is -0.340. The van der Waals surface area contributed by atoms with E-state index in [9.17, 15) is 0 Å². The van der Waals surface area contributed by atoms with Crippen molar-refractivity contribution in [2.24, 2.45) is 29.4 Å². The first-order valence-corrected chi connectivity index (χ1v) is 8.73. The SMILES string of the molecule is CCc1ccc(CC2CC(C(C)C)CCC2CN)s1. The first kappa shape index (κ1) is 15.1. The molecule has 1 fully saturated rings. The second kappa shape index (κ2) is 6.90. The smallest absolute Gasteiger partial charge is 0.00510 e. The van der Waals surface area contributed by atoms with E-state index < -0.39 is 0 Å². The van der Waals surface area contributed by atoms with Crippen LogP contribution in [0.4, 0.5) is 0 Å². The van der Waals surface area contributed by atoms with Crippen molar-refractivity contribution in [3.63, 3.8) is 0 Å². The molecule has 1 aromatic heterocycles. The van der Waals surface area contributed by atoms with E-state index in [2.05, 4.69) is 32.9 Å². The van der Waals surface area contributed by atoms with E-state index >= 15 is 0 Å². The van der Waals surface area contributed by atoms with Crippen molar-refractivity contribution in [3.05, 3.63) is 21.9 Å². The predicted octanol–water partition coefficient (Wildman–Crippen LogP) is 4.50. The maximum Gasteiger partial charge on any atom is 0.00510 e. The minimum Gasteiger partial charge on any atom is -0.330 e. The monoisotopic (exact) mass is 279 g/mol. The lowest BCUT2D eigenvalue weighted by molar-refractivity contribution is 0.152. The minimum absolute atomic E-state index is 0.752. The van der Waals surface area contributed by atoms with Crippen LogP contribution in [0.1, 0.15) is 49.8 Å². The fraction of sp³-hybridized carbons (Fsp3) is 0.765. The summed E-state index contributed by atoms with van der Waals surface area (Å²) in [7, 11) is 0. The third kappa shape index (κ3) is 3.82. The molecule has 0 radical (unpaired) electrons. The van der Waals surface area contributed by atoms with Crippen LogP contribution in [-0.2, 0) is 12.8 Å². The third-order valence-corrected chi connectivity index (χ3v) is 6.21. The molecular weight excluding hydrogens is 250 g/mol. The topological polar surface area (TPSA) is 26.0 Å². The molecule has 1 heterocycles. The summed E-state index contributed by atoms with van der Waals surface area (Å²) >= 11 is 2.01. The van der Waals surface area contributed by atoms with Gasteiger partial charge in [-0.15, -0.1) is 11.3 Å². The predicted molar refractivity (Wildman–Crippen MR) is 85.6 cm³/mol. The van der Waals surface area contributed by atoms with Gasteiger partial charge in [0, 0.05) is 9.75 Å². The highest BCUT2D eigenvalue weighted by Gasteiger charge is 2.31. The molecule has 0 aromatic carbocycles. The van der Waals surface area contributed by atoms with Crippen molar-refractivity contribution in [2.75, 3.05) is 6.54 Å². The Balaban J connectivity index is 2.01. The zero-order valence-electron chi connectivity index (χ0n) is 12.7. The summed E-state index contributed by atoms with van der Waals surface area (Å²) in [5.41, 5.74) is 6.00. The van der Waals surface area contributed by atoms with Crippen molar-refractivity contribution in [1.82, 2.24) is 0 Å². The van der Waals surface area contributed by atoms with Crippen molar-refractivity contribution >= 4 is 11.3 Å². The second-order valence-corrected chi connectivity index (χ2v) is 7.75. The molecule has 1 aromatic rings. The summed E-state index contributed by atoms with van der Waals surface area (Å²) in [6.07, 6.45) is 6.55. The molecule has 108 valence electrons. The lowest BCUT2D eigenvalue weighted by Crippen LogP contribution is -2.33. The number of hydrogen-bond acceptors (Lipinski definition) is 2. The molecule has 3 unspecified atom stereocenters. The van der Waals surface area contributed by atoms with Gasteiger partial charge in [-0.25, -0.2) is 0 Å². The number of rotatable bonds is 5. The first-order chi connectivity index (χ1) is 9.13. The molecular formula is C17H29NS. The average molecular weight is 279 g/mol. The molecule has 0 spiro atoms. The maximum atomic E-state index is 6.00. The highest BCUT2D eigenvalue weighted by atomic mass is 32.1. The summed E-state index contributed by atoms with van der Waals surface area (Å²) in [4.78, 5) is 3.10.